The van der Waals surface area contributed by atoms with E-state index in [9.17, 15) is 0 Å². The van der Waals surface area contributed by atoms with Crippen molar-refractivity contribution in [1.29, 1.82) is 0 Å². The van der Waals surface area contributed by atoms with Gasteiger partial charge in [-0.1, -0.05) is 82.6 Å². The van der Waals surface area contributed by atoms with Crippen LogP contribution in [0.5, 0.6) is 5.75 Å². The van der Waals surface area contributed by atoms with E-state index in [0.717, 1.165) is 30.4 Å². The monoisotopic (exact) mass is 437 g/mol. The summed E-state index contributed by atoms with van der Waals surface area (Å²) in [6, 6.07) is 16.8. The highest BCUT2D eigenvalue weighted by Gasteiger charge is 2.05. The zero-order chi connectivity index (χ0) is 23.2. The number of guanidine groups is 1. The molecular formula is C28H43N3O. The molecule has 2 aromatic rings. The number of aliphatic imine (C=N–C) groups is 1. The molecule has 0 saturated heterocycles. The first kappa shape index (κ1) is 25.8. The van der Waals surface area contributed by atoms with Gasteiger partial charge in [-0.25, -0.2) is 4.99 Å². The van der Waals surface area contributed by atoms with E-state index in [1.54, 1.807) is 0 Å². The molecule has 0 spiro atoms. The molecule has 0 fully saturated rings. The molecule has 0 N–H and O–H groups in total. The van der Waals surface area contributed by atoms with E-state index in [2.05, 4.69) is 55.5 Å². The highest BCUT2D eigenvalue weighted by atomic mass is 16.5. The molecular weight excluding hydrogens is 394 g/mol. The summed E-state index contributed by atoms with van der Waals surface area (Å²) >= 11 is 0. The van der Waals surface area contributed by atoms with Crippen LogP contribution in [0.4, 0.5) is 5.69 Å². The highest BCUT2D eigenvalue weighted by molar-refractivity contribution is 5.82. The number of hydrogen-bond acceptors (Lipinski definition) is 2. The molecule has 0 bridgehead atoms. The van der Waals surface area contributed by atoms with Crippen LogP contribution in [0.1, 0.15) is 64.7 Å². The lowest BCUT2D eigenvalue weighted by Crippen LogP contribution is -2.35. The molecule has 0 aliphatic heterocycles. The quantitative estimate of drug-likeness (QED) is 0.186. The van der Waals surface area contributed by atoms with Crippen molar-refractivity contribution in [3.63, 3.8) is 0 Å². The molecule has 0 amide bonds. The summed E-state index contributed by atoms with van der Waals surface area (Å²) < 4.78 is 5.94. The van der Waals surface area contributed by atoms with Gasteiger partial charge < -0.3 is 14.5 Å². The minimum Gasteiger partial charge on any atom is -0.494 e. The maximum atomic E-state index is 5.94. The molecule has 2 aromatic carbocycles. The van der Waals surface area contributed by atoms with Crippen molar-refractivity contribution >= 4 is 11.6 Å². The van der Waals surface area contributed by atoms with Crippen molar-refractivity contribution in [3.8, 4) is 16.9 Å². The van der Waals surface area contributed by atoms with Gasteiger partial charge in [-0.05, 0) is 41.8 Å². The maximum Gasteiger partial charge on any atom is 0.200 e. The SMILES string of the molecule is CCCCCCCCCCCOc1ccc(-c2ccc(N=C(N(C)C)N(C)C)cc2)cc1. The van der Waals surface area contributed by atoms with E-state index < -0.39 is 0 Å². The Labute approximate surface area is 196 Å². The predicted octanol–water partition coefficient (Wildman–Crippen LogP) is 7.37. The Balaban J connectivity index is 1.75. The Morgan fingerprint density at radius 3 is 1.62 bits per heavy atom. The summed E-state index contributed by atoms with van der Waals surface area (Å²) in [7, 11) is 8.03. The number of unbranched alkanes of at least 4 members (excludes halogenated alkanes) is 8. The molecule has 0 aromatic heterocycles. The van der Waals surface area contributed by atoms with Gasteiger partial charge in [-0.2, -0.15) is 0 Å². The van der Waals surface area contributed by atoms with E-state index in [-0.39, 0.29) is 0 Å². The zero-order valence-corrected chi connectivity index (χ0v) is 20.9. The Bertz CT molecular complexity index is 769. The first-order chi connectivity index (χ1) is 15.5. The summed E-state index contributed by atoms with van der Waals surface area (Å²) in [5, 5.41) is 0. The van der Waals surface area contributed by atoms with Gasteiger partial charge in [-0.15, -0.1) is 0 Å². The number of nitrogens with zero attached hydrogens (tertiary/aromatic N) is 3. The van der Waals surface area contributed by atoms with Gasteiger partial charge in [0.25, 0.3) is 0 Å². The molecule has 2 rings (SSSR count). The van der Waals surface area contributed by atoms with Crippen molar-refractivity contribution in [2.24, 2.45) is 4.99 Å². The van der Waals surface area contributed by atoms with Crippen LogP contribution in [0.15, 0.2) is 53.5 Å². The van der Waals surface area contributed by atoms with Crippen LogP contribution in [0.3, 0.4) is 0 Å². The average Bonchev–Trinajstić information content (AvgIpc) is 2.79. The number of ether oxygens (including phenoxy) is 1. The van der Waals surface area contributed by atoms with Gasteiger partial charge in [0.05, 0.1) is 12.3 Å². The van der Waals surface area contributed by atoms with E-state index in [4.69, 9.17) is 9.73 Å². The molecule has 0 aliphatic rings. The Morgan fingerprint density at radius 2 is 1.12 bits per heavy atom. The summed E-state index contributed by atoms with van der Waals surface area (Å²) in [6.45, 7) is 3.08. The molecule has 0 atom stereocenters. The first-order valence-corrected chi connectivity index (χ1v) is 12.3. The fourth-order valence-corrected chi connectivity index (χ4v) is 3.79. The molecule has 4 heteroatoms. The fraction of sp³-hybridized carbons (Fsp3) is 0.536. The fourth-order valence-electron chi connectivity index (χ4n) is 3.79. The minimum absolute atomic E-state index is 0.808. The molecule has 0 aliphatic carbocycles. The van der Waals surface area contributed by atoms with Gasteiger partial charge in [0.15, 0.2) is 0 Å². The van der Waals surface area contributed by atoms with Crippen molar-refractivity contribution in [2.75, 3.05) is 34.8 Å². The van der Waals surface area contributed by atoms with Crippen molar-refractivity contribution < 1.29 is 4.74 Å². The van der Waals surface area contributed by atoms with Gasteiger partial charge >= 0.3 is 0 Å². The maximum absolute atomic E-state index is 5.94. The largest absolute Gasteiger partial charge is 0.494 e. The standard InChI is InChI=1S/C28H43N3O/c1-6-7-8-9-10-11-12-13-14-23-32-27-21-17-25(18-22-27)24-15-19-26(20-16-24)29-28(30(2)3)31(4)5/h15-22H,6-14,23H2,1-5H3. The Kier molecular flexibility index (Phi) is 11.7. The van der Waals surface area contributed by atoms with E-state index in [0.29, 0.717) is 0 Å². The van der Waals surface area contributed by atoms with Crippen molar-refractivity contribution in [1.82, 2.24) is 9.80 Å². The third-order valence-corrected chi connectivity index (χ3v) is 5.60. The molecule has 0 radical (unpaired) electrons. The van der Waals surface area contributed by atoms with Gasteiger partial charge in [0, 0.05) is 28.2 Å². The Morgan fingerprint density at radius 1 is 0.656 bits per heavy atom. The van der Waals surface area contributed by atoms with E-state index in [1.165, 1.54) is 62.5 Å². The van der Waals surface area contributed by atoms with Crippen molar-refractivity contribution in [2.45, 2.75) is 64.7 Å². The molecule has 4 nitrogen and oxygen atoms in total. The smallest absolute Gasteiger partial charge is 0.200 e. The summed E-state index contributed by atoms with van der Waals surface area (Å²) in [6.07, 6.45) is 12.0. The second kappa shape index (κ2) is 14.5. The van der Waals surface area contributed by atoms with Crippen LogP contribution in [-0.2, 0) is 0 Å². The van der Waals surface area contributed by atoms with Gasteiger partial charge in [0.2, 0.25) is 5.96 Å². The minimum atomic E-state index is 0.808. The Hall–Kier alpha value is -2.49. The number of hydrogen-bond donors (Lipinski definition) is 0. The molecule has 32 heavy (non-hydrogen) atoms. The van der Waals surface area contributed by atoms with Crippen LogP contribution in [-0.4, -0.2) is 50.6 Å². The van der Waals surface area contributed by atoms with E-state index >= 15 is 0 Å². The third-order valence-electron chi connectivity index (χ3n) is 5.60. The average molecular weight is 438 g/mol. The topological polar surface area (TPSA) is 28.1 Å². The van der Waals surface area contributed by atoms with Crippen LogP contribution in [0.25, 0.3) is 11.1 Å². The highest BCUT2D eigenvalue weighted by Crippen LogP contribution is 2.25. The lowest BCUT2D eigenvalue weighted by atomic mass is 10.1. The number of rotatable bonds is 13. The van der Waals surface area contributed by atoms with E-state index in [1.807, 2.05) is 38.0 Å². The van der Waals surface area contributed by atoms with Crippen LogP contribution >= 0.6 is 0 Å². The lowest BCUT2D eigenvalue weighted by Gasteiger charge is -2.22. The van der Waals surface area contributed by atoms with Crippen LogP contribution in [0.2, 0.25) is 0 Å². The van der Waals surface area contributed by atoms with Crippen LogP contribution < -0.4 is 4.74 Å². The first-order valence-electron chi connectivity index (χ1n) is 12.3. The summed E-state index contributed by atoms with van der Waals surface area (Å²) in [5.41, 5.74) is 3.33. The predicted molar refractivity (Wildman–Crippen MR) is 139 cm³/mol. The lowest BCUT2D eigenvalue weighted by molar-refractivity contribution is 0.304. The molecule has 176 valence electrons. The summed E-state index contributed by atoms with van der Waals surface area (Å²) in [5.74, 6) is 1.88. The molecule has 0 unspecified atom stereocenters. The van der Waals surface area contributed by atoms with Crippen molar-refractivity contribution in [3.05, 3.63) is 48.5 Å². The second-order valence-corrected chi connectivity index (χ2v) is 8.95. The number of benzene rings is 2. The molecule has 0 heterocycles. The van der Waals surface area contributed by atoms with Gasteiger partial charge in [-0.3, -0.25) is 0 Å². The summed E-state index contributed by atoms with van der Waals surface area (Å²) in [4.78, 5) is 8.76. The second-order valence-electron chi connectivity index (χ2n) is 8.95. The molecule has 0 saturated carbocycles. The normalized spacial score (nSPS) is 10.7. The third kappa shape index (κ3) is 9.33. The zero-order valence-electron chi connectivity index (χ0n) is 20.9. The van der Waals surface area contributed by atoms with Crippen LogP contribution in [0, 0.1) is 0 Å². The van der Waals surface area contributed by atoms with Gasteiger partial charge in [0.1, 0.15) is 5.75 Å².